The van der Waals surface area contributed by atoms with E-state index < -0.39 is 0 Å². The van der Waals surface area contributed by atoms with Crippen molar-refractivity contribution >= 4 is 0 Å². The van der Waals surface area contributed by atoms with Gasteiger partial charge in [-0.2, -0.15) is 5.26 Å². The molecule has 1 atom stereocenters. The third kappa shape index (κ3) is 4.57. The van der Waals surface area contributed by atoms with Gasteiger partial charge in [0.05, 0.1) is 18.7 Å². The Balaban J connectivity index is 2.53. The molecule has 0 fully saturated rings. The average Bonchev–Trinajstić information content (AvgIpc) is 2.41. The lowest BCUT2D eigenvalue weighted by Crippen LogP contribution is -2.29. The van der Waals surface area contributed by atoms with Gasteiger partial charge < -0.3 is 10.1 Å². The highest BCUT2D eigenvalue weighted by Gasteiger charge is 2.09. The van der Waals surface area contributed by atoms with E-state index in [9.17, 15) is 0 Å². The zero-order chi connectivity index (χ0) is 14.3. The van der Waals surface area contributed by atoms with Gasteiger partial charge in [-0.15, -0.1) is 0 Å². The zero-order valence-corrected chi connectivity index (χ0v) is 12.4. The van der Waals surface area contributed by atoms with Crippen LogP contribution in [0.15, 0.2) is 12.1 Å². The average molecular weight is 260 g/mol. The van der Waals surface area contributed by atoms with Crippen LogP contribution in [-0.2, 0) is 0 Å². The van der Waals surface area contributed by atoms with E-state index in [2.05, 4.69) is 51.2 Å². The predicted octanol–water partition coefficient (Wildman–Crippen LogP) is 3.27. The van der Waals surface area contributed by atoms with Crippen LogP contribution in [0.25, 0.3) is 0 Å². The summed E-state index contributed by atoms with van der Waals surface area (Å²) < 4.78 is 5.87. The zero-order valence-electron chi connectivity index (χ0n) is 12.4. The first-order valence-electron chi connectivity index (χ1n) is 6.92. The van der Waals surface area contributed by atoms with Gasteiger partial charge >= 0.3 is 0 Å². The second-order valence-electron chi connectivity index (χ2n) is 4.93. The molecule has 0 aliphatic heterocycles. The summed E-state index contributed by atoms with van der Waals surface area (Å²) in [6.07, 6.45) is 1.75. The largest absolute Gasteiger partial charge is 0.493 e. The molecule has 1 unspecified atom stereocenters. The maximum atomic E-state index is 9.04. The lowest BCUT2D eigenvalue weighted by Gasteiger charge is -2.15. The first-order chi connectivity index (χ1) is 9.10. The molecule has 0 saturated heterocycles. The summed E-state index contributed by atoms with van der Waals surface area (Å²) in [6, 6.07) is 6.34. The Morgan fingerprint density at radius 2 is 1.95 bits per heavy atom. The van der Waals surface area contributed by atoms with Gasteiger partial charge in [0.1, 0.15) is 5.75 Å². The molecule has 3 heteroatoms. The molecule has 1 aromatic carbocycles. The van der Waals surface area contributed by atoms with Crippen molar-refractivity contribution in [2.45, 2.75) is 46.6 Å². The second kappa shape index (κ2) is 7.81. The monoisotopic (exact) mass is 260 g/mol. The van der Waals surface area contributed by atoms with Crippen molar-refractivity contribution in [3.8, 4) is 11.8 Å². The minimum Gasteiger partial charge on any atom is -0.493 e. The van der Waals surface area contributed by atoms with Gasteiger partial charge in [0.25, 0.3) is 0 Å². The molecule has 0 heterocycles. The molecule has 0 spiro atoms. The van der Waals surface area contributed by atoms with Gasteiger partial charge in [-0.25, -0.2) is 0 Å². The van der Waals surface area contributed by atoms with Gasteiger partial charge in [0.2, 0.25) is 0 Å². The Bertz CT molecular complexity index is 449. The van der Waals surface area contributed by atoms with E-state index in [4.69, 9.17) is 10.00 Å². The van der Waals surface area contributed by atoms with E-state index in [0.717, 1.165) is 24.3 Å². The number of hydrogen-bond acceptors (Lipinski definition) is 3. The molecule has 0 radical (unpaired) electrons. The van der Waals surface area contributed by atoms with Gasteiger partial charge in [-0.05, 0) is 50.4 Å². The van der Waals surface area contributed by atoms with Crippen LogP contribution in [0, 0.1) is 32.1 Å². The topological polar surface area (TPSA) is 45.0 Å². The normalized spacial score (nSPS) is 11.9. The Morgan fingerprint density at radius 1 is 1.26 bits per heavy atom. The summed E-state index contributed by atoms with van der Waals surface area (Å²) in [6.45, 7) is 9.76. The molecule has 1 aromatic rings. The van der Waals surface area contributed by atoms with E-state index in [-0.39, 0.29) is 6.04 Å². The maximum absolute atomic E-state index is 9.04. The molecular weight excluding hydrogens is 236 g/mol. The first kappa shape index (κ1) is 15.5. The lowest BCUT2D eigenvalue weighted by molar-refractivity contribution is 0.294. The number of aryl methyl sites for hydroxylation is 2. The second-order valence-corrected chi connectivity index (χ2v) is 4.93. The van der Waals surface area contributed by atoms with Crippen LogP contribution >= 0.6 is 0 Å². The molecule has 3 nitrogen and oxygen atoms in total. The smallest absolute Gasteiger partial charge is 0.125 e. The Hall–Kier alpha value is -1.53. The summed E-state index contributed by atoms with van der Waals surface area (Å²) >= 11 is 0. The number of nitrogens with zero attached hydrogens (tertiary/aromatic N) is 1. The molecule has 1 rings (SSSR count). The standard InChI is InChI=1S/C16H24N2O/c1-5-9-18-15(11-17)8-10-19-16-13(3)7-6-12(2)14(16)4/h6-7,15,18H,5,8-10H2,1-4H3. The fraction of sp³-hybridized carbons (Fsp3) is 0.562. The highest BCUT2D eigenvalue weighted by atomic mass is 16.5. The maximum Gasteiger partial charge on any atom is 0.125 e. The third-order valence-corrected chi connectivity index (χ3v) is 3.32. The highest BCUT2D eigenvalue weighted by molar-refractivity contribution is 5.44. The van der Waals surface area contributed by atoms with Crippen molar-refractivity contribution in [1.29, 1.82) is 5.26 Å². The fourth-order valence-corrected chi connectivity index (χ4v) is 1.96. The van der Waals surface area contributed by atoms with E-state index in [1.807, 2.05) is 0 Å². The highest BCUT2D eigenvalue weighted by Crippen LogP contribution is 2.25. The quantitative estimate of drug-likeness (QED) is 0.818. The summed E-state index contributed by atoms with van der Waals surface area (Å²) in [5.41, 5.74) is 3.58. The number of nitriles is 1. The van der Waals surface area contributed by atoms with E-state index in [0.29, 0.717) is 13.0 Å². The molecule has 0 aliphatic carbocycles. The van der Waals surface area contributed by atoms with E-state index >= 15 is 0 Å². The molecule has 0 aliphatic rings. The van der Waals surface area contributed by atoms with Crippen molar-refractivity contribution < 1.29 is 4.74 Å². The predicted molar refractivity (Wildman–Crippen MR) is 78.5 cm³/mol. The number of benzene rings is 1. The van der Waals surface area contributed by atoms with Crippen LogP contribution in [0.3, 0.4) is 0 Å². The van der Waals surface area contributed by atoms with Crippen molar-refractivity contribution in [1.82, 2.24) is 5.32 Å². The van der Waals surface area contributed by atoms with Crippen LogP contribution in [0.4, 0.5) is 0 Å². The summed E-state index contributed by atoms with van der Waals surface area (Å²) in [7, 11) is 0. The Labute approximate surface area is 116 Å². The van der Waals surface area contributed by atoms with E-state index in [1.54, 1.807) is 0 Å². The molecule has 104 valence electrons. The number of rotatable bonds is 7. The SMILES string of the molecule is CCCNC(C#N)CCOc1c(C)ccc(C)c1C. The lowest BCUT2D eigenvalue weighted by atomic mass is 10.1. The van der Waals surface area contributed by atoms with Crippen LogP contribution in [-0.4, -0.2) is 19.2 Å². The minimum atomic E-state index is -0.120. The van der Waals surface area contributed by atoms with Gasteiger partial charge in [-0.3, -0.25) is 0 Å². The Kier molecular flexibility index (Phi) is 6.38. The molecule has 0 saturated carbocycles. The number of hydrogen-bond donors (Lipinski definition) is 1. The van der Waals surface area contributed by atoms with Crippen molar-refractivity contribution in [2.75, 3.05) is 13.2 Å². The van der Waals surface area contributed by atoms with Gasteiger partial charge in [0, 0.05) is 6.42 Å². The third-order valence-electron chi connectivity index (χ3n) is 3.32. The molecule has 0 amide bonds. The summed E-state index contributed by atoms with van der Waals surface area (Å²) in [5, 5.41) is 12.2. The first-order valence-corrected chi connectivity index (χ1v) is 6.92. The number of nitrogens with one attached hydrogen (secondary N) is 1. The molecule has 0 bridgehead atoms. The van der Waals surface area contributed by atoms with Crippen LogP contribution < -0.4 is 10.1 Å². The summed E-state index contributed by atoms with van der Waals surface area (Å²) in [5.74, 6) is 0.965. The van der Waals surface area contributed by atoms with Gasteiger partial charge in [0.15, 0.2) is 0 Å². The van der Waals surface area contributed by atoms with Gasteiger partial charge in [-0.1, -0.05) is 19.1 Å². The summed E-state index contributed by atoms with van der Waals surface area (Å²) in [4.78, 5) is 0. The van der Waals surface area contributed by atoms with Crippen LogP contribution in [0.5, 0.6) is 5.75 Å². The van der Waals surface area contributed by atoms with E-state index in [1.165, 1.54) is 11.1 Å². The van der Waals surface area contributed by atoms with Crippen LogP contribution in [0.2, 0.25) is 0 Å². The minimum absolute atomic E-state index is 0.120. The molecule has 0 aromatic heterocycles. The molecule has 1 N–H and O–H groups in total. The van der Waals surface area contributed by atoms with Crippen molar-refractivity contribution in [3.63, 3.8) is 0 Å². The van der Waals surface area contributed by atoms with Crippen LogP contribution in [0.1, 0.15) is 36.5 Å². The number of ether oxygens (including phenoxy) is 1. The van der Waals surface area contributed by atoms with Crippen molar-refractivity contribution in [2.24, 2.45) is 0 Å². The fourth-order valence-electron chi connectivity index (χ4n) is 1.96. The van der Waals surface area contributed by atoms with Crippen molar-refractivity contribution in [3.05, 3.63) is 28.8 Å². The molecular formula is C16H24N2O. The molecule has 19 heavy (non-hydrogen) atoms. The Morgan fingerprint density at radius 3 is 2.58 bits per heavy atom.